The molecule has 1 aromatic heterocycles. The topological polar surface area (TPSA) is 54.0 Å². The molecule has 4 nitrogen and oxygen atoms in total. The van der Waals surface area contributed by atoms with E-state index in [4.69, 9.17) is 0 Å². The molecule has 0 aliphatic rings. The Balaban J connectivity index is 1.79. The van der Waals surface area contributed by atoms with Gasteiger partial charge in [-0.3, -0.25) is 4.79 Å². The van der Waals surface area contributed by atoms with Crippen LogP contribution in [0.1, 0.15) is 27.0 Å². The van der Waals surface area contributed by atoms with Crippen LogP contribution in [-0.4, -0.2) is 10.9 Å². The summed E-state index contributed by atoms with van der Waals surface area (Å²) >= 11 is 0. The SMILES string of the molecule is Cc1cccc(C)c1NC(=O)c1cccnc1NCc1ccccc1. The lowest BCUT2D eigenvalue weighted by atomic mass is 10.1. The first kappa shape index (κ1) is 16.7. The predicted molar refractivity (Wildman–Crippen MR) is 102 cm³/mol. The number of anilines is 2. The van der Waals surface area contributed by atoms with Gasteiger partial charge >= 0.3 is 0 Å². The van der Waals surface area contributed by atoms with Crippen LogP contribution in [0.15, 0.2) is 66.9 Å². The third-order valence-corrected chi connectivity index (χ3v) is 4.07. The molecule has 0 aliphatic heterocycles. The van der Waals surface area contributed by atoms with Crippen LogP contribution in [0.25, 0.3) is 0 Å². The van der Waals surface area contributed by atoms with Crippen molar-refractivity contribution in [2.75, 3.05) is 10.6 Å². The third-order valence-electron chi connectivity index (χ3n) is 4.07. The van der Waals surface area contributed by atoms with Crippen LogP contribution < -0.4 is 10.6 Å². The number of aromatic nitrogens is 1. The number of pyridine rings is 1. The van der Waals surface area contributed by atoms with Crippen LogP contribution in [0.5, 0.6) is 0 Å². The molecule has 3 aromatic rings. The van der Waals surface area contributed by atoms with Crippen LogP contribution in [0, 0.1) is 13.8 Å². The molecule has 0 aliphatic carbocycles. The van der Waals surface area contributed by atoms with Gasteiger partial charge in [0.25, 0.3) is 5.91 Å². The monoisotopic (exact) mass is 331 g/mol. The van der Waals surface area contributed by atoms with Crippen LogP contribution in [0.2, 0.25) is 0 Å². The van der Waals surface area contributed by atoms with Crippen molar-refractivity contribution in [3.8, 4) is 0 Å². The van der Waals surface area contributed by atoms with Crippen molar-refractivity contribution in [3.63, 3.8) is 0 Å². The van der Waals surface area contributed by atoms with Gasteiger partial charge < -0.3 is 10.6 Å². The lowest BCUT2D eigenvalue weighted by Gasteiger charge is -2.14. The minimum atomic E-state index is -0.166. The molecule has 3 rings (SSSR count). The second-order valence-electron chi connectivity index (χ2n) is 5.96. The fraction of sp³-hybridized carbons (Fsp3) is 0.143. The molecule has 1 amide bonds. The fourth-order valence-electron chi connectivity index (χ4n) is 2.70. The van der Waals surface area contributed by atoms with Crippen molar-refractivity contribution < 1.29 is 4.79 Å². The summed E-state index contributed by atoms with van der Waals surface area (Å²) in [6, 6.07) is 19.5. The number of aryl methyl sites for hydroxylation is 2. The highest BCUT2D eigenvalue weighted by molar-refractivity contribution is 6.08. The van der Waals surface area contributed by atoms with Crippen LogP contribution in [0.4, 0.5) is 11.5 Å². The highest BCUT2D eigenvalue weighted by Crippen LogP contribution is 2.22. The summed E-state index contributed by atoms with van der Waals surface area (Å²) in [4.78, 5) is 17.1. The van der Waals surface area contributed by atoms with Gasteiger partial charge in [0.15, 0.2) is 0 Å². The maximum atomic E-state index is 12.8. The maximum Gasteiger partial charge on any atom is 0.259 e. The Morgan fingerprint density at radius 1 is 0.920 bits per heavy atom. The number of carbonyl (C=O) groups is 1. The minimum absolute atomic E-state index is 0.166. The predicted octanol–water partition coefficient (Wildman–Crippen LogP) is 4.56. The van der Waals surface area contributed by atoms with E-state index < -0.39 is 0 Å². The zero-order valence-corrected chi connectivity index (χ0v) is 14.4. The van der Waals surface area contributed by atoms with Crippen molar-refractivity contribution in [2.24, 2.45) is 0 Å². The molecule has 0 fully saturated rings. The number of hydrogen-bond donors (Lipinski definition) is 2. The number of nitrogens with one attached hydrogen (secondary N) is 2. The molecular formula is C21H21N3O. The molecule has 0 unspecified atom stereocenters. The highest BCUT2D eigenvalue weighted by Gasteiger charge is 2.14. The first-order chi connectivity index (χ1) is 12.1. The van der Waals surface area contributed by atoms with Gasteiger partial charge in [-0.2, -0.15) is 0 Å². The molecule has 0 radical (unpaired) electrons. The molecular weight excluding hydrogens is 310 g/mol. The Hall–Kier alpha value is -3.14. The number of hydrogen-bond acceptors (Lipinski definition) is 3. The van der Waals surface area contributed by atoms with Crippen LogP contribution in [-0.2, 0) is 6.54 Å². The first-order valence-electron chi connectivity index (χ1n) is 8.25. The van der Waals surface area contributed by atoms with E-state index in [1.165, 1.54) is 0 Å². The largest absolute Gasteiger partial charge is 0.365 e. The summed E-state index contributed by atoms with van der Waals surface area (Å²) in [5.74, 6) is 0.413. The fourth-order valence-corrected chi connectivity index (χ4v) is 2.70. The molecule has 0 bridgehead atoms. The van der Waals surface area contributed by atoms with E-state index in [0.717, 1.165) is 22.4 Å². The molecule has 126 valence electrons. The van der Waals surface area contributed by atoms with E-state index in [-0.39, 0.29) is 5.91 Å². The van der Waals surface area contributed by atoms with Crippen molar-refractivity contribution in [1.29, 1.82) is 0 Å². The Bertz CT molecular complexity index is 855. The van der Waals surface area contributed by atoms with Gasteiger partial charge in [0.1, 0.15) is 5.82 Å². The van der Waals surface area contributed by atoms with Crippen LogP contribution in [0.3, 0.4) is 0 Å². The molecule has 1 heterocycles. The lowest BCUT2D eigenvalue weighted by Crippen LogP contribution is -2.17. The molecule has 0 atom stereocenters. The highest BCUT2D eigenvalue weighted by atomic mass is 16.1. The second kappa shape index (κ2) is 7.62. The Kier molecular flexibility index (Phi) is 5.09. The van der Waals surface area contributed by atoms with E-state index in [1.807, 2.05) is 62.4 Å². The zero-order chi connectivity index (χ0) is 17.6. The Morgan fingerprint density at radius 2 is 1.64 bits per heavy atom. The van der Waals surface area contributed by atoms with Gasteiger partial charge in [-0.25, -0.2) is 4.98 Å². The maximum absolute atomic E-state index is 12.8. The van der Waals surface area contributed by atoms with Gasteiger partial charge in [-0.15, -0.1) is 0 Å². The average molecular weight is 331 g/mol. The number of para-hydroxylation sites is 1. The van der Waals surface area contributed by atoms with Crippen molar-refractivity contribution >= 4 is 17.4 Å². The van der Waals surface area contributed by atoms with Crippen LogP contribution >= 0.6 is 0 Å². The van der Waals surface area contributed by atoms with E-state index in [2.05, 4.69) is 15.6 Å². The second-order valence-corrected chi connectivity index (χ2v) is 5.96. The Labute approximate surface area is 147 Å². The number of nitrogens with zero attached hydrogens (tertiary/aromatic N) is 1. The molecule has 25 heavy (non-hydrogen) atoms. The van der Waals surface area contributed by atoms with E-state index in [0.29, 0.717) is 17.9 Å². The van der Waals surface area contributed by atoms with Crippen molar-refractivity contribution in [2.45, 2.75) is 20.4 Å². The summed E-state index contributed by atoms with van der Waals surface area (Å²) in [5, 5.41) is 6.27. The molecule has 0 saturated carbocycles. The molecule has 0 saturated heterocycles. The van der Waals surface area contributed by atoms with Gasteiger partial charge in [0.2, 0.25) is 0 Å². The van der Waals surface area contributed by atoms with Gasteiger partial charge in [-0.05, 0) is 42.7 Å². The van der Waals surface area contributed by atoms with Gasteiger partial charge in [0, 0.05) is 18.4 Å². The normalized spacial score (nSPS) is 10.3. The number of amides is 1. The van der Waals surface area contributed by atoms with E-state index in [9.17, 15) is 4.79 Å². The third kappa shape index (κ3) is 4.04. The number of rotatable bonds is 5. The van der Waals surface area contributed by atoms with E-state index >= 15 is 0 Å². The summed E-state index contributed by atoms with van der Waals surface area (Å²) < 4.78 is 0. The van der Waals surface area contributed by atoms with Crippen molar-refractivity contribution in [3.05, 3.63) is 89.1 Å². The summed E-state index contributed by atoms with van der Waals surface area (Å²) in [7, 11) is 0. The minimum Gasteiger partial charge on any atom is -0.365 e. The van der Waals surface area contributed by atoms with Gasteiger partial charge in [0.05, 0.1) is 5.56 Å². The summed E-state index contributed by atoms with van der Waals surface area (Å²) in [6.07, 6.45) is 1.68. The standard InChI is InChI=1S/C21H21N3O/c1-15-8-6-9-16(2)19(15)24-21(25)18-12-7-13-22-20(18)23-14-17-10-4-3-5-11-17/h3-13H,14H2,1-2H3,(H,22,23)(H,24,25). The molecule has 2 aromatic carbocycles. The van der Waals surface area contributed by atoms with E-state index in [1.54, 1.807) is 18.3 Å². The molecule has 4 heteroatoms. The summed E-state index contributed by atoms with van der Waals surface area (Å²) in [6.45, 7) is 4.59. The van der Waals surface area contributed by atoms with Gasteiger partial charge in [-0.1, -0.05) is 48.5 Å². The Morgan fingerprint density at radius 3 is 2.36 bits per heavy atom. The molecule has 0 spiro atoms. The summed E-state index contributed by atoms with van der Waals surface area (Å²) in [5.41, 5.74) is 4.59. The quantitative estimate of drug-likeness (QED) is 0.720. The number of benzene rings is 2. The zero-order valence-electron chi connectivity index (χ0n) is 14.4. The van der Waals surface area contributed by atoms with Crippen molar-refractivity contribution in [1.82, 2.24) is 4.98 Å². The smallest absolute Gasteiger partial charge is 0.259 e. The lowest BCUT2D eigenvalue weighted by molar-refractivity contribution is 0.102. The molecule has 2 N–H and O–H groups in total. The average Bonchev–Trinajstić information content (AvgIpc) is 2.64. The number of carbonyl (C=O) groups excluding carboxylic acids is 1. The first-order valence-corrected chi connectivity index (χ1v) is 8.25.